The first-order chi connectivity index (χ1) is 7.48. The minimum Gasteiger partial charge on any atom is -0.386 e. The number of anilines is 1. The Morgan fingerprint density at radius 2 is 2.06 bits per heavy atom. The number of aryl methyl sites for hydroxylation is 1. The van der Waals surface area contributed by atoms with Gasteiger partial charge >= 0.3 is 0 Å². The predicted molar refractivity (Wildman–Crippen MR) is 69.6 cm³/mol. The van der Waals surface area contributed by atoms with E-state index in [1.807, 2.05) is 43.0 Å². The van der Waals surface area contributed by atoms with Gasteiger partial charge in [0.25, 0.3) is 0 Å². The monoisotopic (exact) mass is 236 g/mol. The van der Waals surface area contributed by atoms with E-state index < -0.39 is 5.60 Å². The van der Waals surface area contributed by atoms with E-state index in [1.54, 1.807) is 0 Å². The molecule has 1 aliphatic heterocycles. The van der Waals surface area contributed by atoms with Crippen molar-refractivity contribution >= 4 is 23.0 Å². The summed E-state index contributed by atoms with van der Waals surface area (Å²) in [6.45, 7) is 5.06. The largest absolute Gasteiger partial charge is 0.386 e. The third kappa shape index (κ3) is 2.33. The molecule has 0 amide bonds. The van der Waals surface area contributed by atoms with Crippen molar-refractivity contribution in [3.63, 3.8) is 0 Å². The number of thiocarbonyl (C=S) groups is 1. The standard InChI is InChI=1S/C12H16N2OS/c1-9-5-3-4-6-10(9)13-11(16)14-7-12(2,15)8-14/h3-6,15H,7-8H2,1-2H3,(H,13,16). The number of benzene rings is 1. The lowest BCUT2D eigenvalue weighted by Crippen LogP contribution is -2.62. The molecule has 1 aromatic carbocycles. The second kappa shape index (κ2) is 4.03. The highest BCUT2D eigenvalue weighted by atomic mass is 32.1. The van der Waals surface area contributed by atoms with Gasteiger partial charge in [0, 0.05) is 5.69 Å². The summed E-state index contributed by atoms with van der Waals surface area (Å²) in [6.07, 6.45) is 0. The van der Waals surface area contributed by atoms with Crippen molar-refractivity contribution in [2.45, 2.75) is 19.4 Å². The van der Waals surface area contributed by atoms with Gasteiger partial charge in [-0.05, 0) is 37.7 Å². The maximum atomic E-state index is 9.62. The first-order valence-electron chi connectivity index (χ1n) is 5.32. The van der Waals surface area contributed by atoms with E-state index in [0.717, 1.165) is 11.3 Å². The quantitative estimate of drug-likeness (QED) is 0.728. The van der Waals surface area contributed by atoms with Gasteiger partial charge in [-0.15, -0.1) is 0 Å². The molecule has 1 aliphatic rings. The number of aliphatic hydroxyl groups is 1. The summed E-state index contributed by atoms with van der Waals surface area (Å²) >= 11 is 5.28. The second-order valence-corrected chi connectivity index (χ2v) is 4.98. The highest BCUT2D eigenvalue weighted by Gasteiger charge is 2.37. The fourth-order valence-corrected chi connectivity index (χ4v) is 2.07. The van der Waals surface area contributed by atoms with Crippen LogP contribution < -0.4 is 5.32 Å². The number of para-hydroxylation sites is 1. The molecule has 0 aromatic heterocycles. The van der Waals surface area contributed by atoms with Crippen LogP contribution in [0.3, 0.4) is 0 Å². The van der Waals surface area contributed by atoms with Crippen LogP contribution in [0.5, 0.6) is 0 Å². The van der Waals surface area contributed by atoms with Crippen LogP contribution >= 0.6 is 12.2 Å². The van der Waals surface area contributed by atoms with Crippen molar-refractivity contribution in [2.75, 3.05) is 18.4 Å². The van der Waals surface area contributed by atoms with Crippen LogP contribution in [0.1, 0.15) is 12.5 Å². The zero-order chi connectivity index (χ0) is 11.8. The first kappa shape index (κ1) is 11.4. The molecular weight excluding hydrogens is 220 g/mol. The highest BCUT2D eigenvalue weighted by molar-refractivity contribution is 7.80. The lowest BCUT2D eigenvalue weighted by Gasteiger charge is -2.45. The molecular formula is C12H16N2OS. The molecule has 1 saturated heterocycles. The Bertz CT molecular complexity index is 409. The average Bonchev–Trinajstić information content (AvgIpc) is 2.17. The van der Waals surface area contributed by atoms with Crippen molar-refractivity contribution in [1.29, 1.82) is 0 Å². The fourth-order valence-electron chi connectivity index (χ4n) is 1.83. The Kier molecular flexibility index (Phi) is 2.86. The van der Waals surface area contributed by atoms with E-state index >= 15 is 0 Å². The first-order valence-corrected chi connectivity index (χ1v) is 5.73. The zero-order valence-corrected chi connectivity index (χ0v) is 10.3. The van der Waals surface area contributed by atoms with Crippen molar-refractivity contribution in [3.05, 3.63) is 29.8 Å². The van der Waals surface area contributed by atoms with Gasteiger partial charge in [-0.1, -0.05) is 18.2 Å². The molecule has 1 aromatic rings. The van der Waals surface area contributed by atoms with Gasteiger partial charge in [0.1, 0.15) is 0 Å². The van der Waals surface area contributed by atoms with E-state index in [2.05, 4.69) is 5.32 Å². The normalized spacial score (nSPS) is 17.8. The SMILES string of the molecule is Cc1ccccc1NC(=S)N1CC(C)(O)C1. The molecule has 2 N–H and O–H groups in total. The van der Waals surface area contributed by atoms with Gasteiger partial charge in [-0.2, -0.15) is 0 Å². The van der Waals surface area contributed by atoms with E-state index in [0.29, 0.717) is 18.2 Å². The van der Waals surface area contributed by atoms with Gasteiger partial charge in [0.2, 0.25) is 0 Å². The Hall–Kier alpha value is -1.13. The summed E-state index contributed by atoms with van der Waals surface area (Å²) in [5.74, 6) is 0. The third-order valence-electron chi connectivity index (χ3n) is 2.74. The molecule has 0 radical (unpaired) electrons. The predicted octanol–water partition coefficient (Wildman–Crippen LogP) is 1.76. The summed E-state index contributed by atoms with van der Waals surface area (Å²) in [5, 5.41) is 13.5. The molecule has 4 heteroatoms. The van der Waals surface area contributed by atoms with Crippen molar-refractivity contribution in [3.8, 4) is 0 Å². The second-order valence-electron chi connectivity index (χ2n) is 4.60. The van der Waals surface area contributed by atoms with Crippen LogP contribution in [0.25, 0.3) is 0 Å². The molecule has 3 nitrogen and oxygen atoms in total. The Labute approximate surface area is 101 Å². The van der Waals surface area contributed by atoms with E-state index in [-0.39, 0.29) is 0 Å². The van der Waals surface area contributed by atoms with E-state index in [4.69, 9.17) is 12.2 Å². The number of rotatable bonds is 1. The number of hydrogen-bond donors (Lipinski definition) is 2. The molecule has 0 unspecified atom stereocenters. The van der Waals surface area contributed by atoms with Gasteiger partial charge < -0.3 is 15.3 Å². The van der Waals surface area contributed by atoms with Crippen molar-refractivity contribution in [1.82, 2.24) is 4.90 Å². The molecule has 0 atom stereocenters. The van der Waals surface area contributed by atoms with Gasteiger partial charge in [0.15, 0.2) is 5.11 Å². The van der Waals surface area contributed by atoms with Crippen LogP contribution in [0, 0.1) is 6.92 Å². The summed E-state index contributed by atoms with van der Waals surface area (Å²) in [6, 6.07) is 8.01. The summed E-state index contributed by atoms with van der Waals surface area (Å²) < 4.78 is 0. The van der Waals surface area contributed by atoms with Crippen LogP contribution in [0.4, 0.5) is 5.69 Å². The number of β-amino-alcohol motifs (C(OH)–C–C–N with tert-alkyl or cyclic N) is 1. The maximum Gasteiger partial charge on any atom is 0.173 e. The van der Waals surface area contributed by atoms with Crippen LogP contribution in [0.15, 0.2) is 24.3 Å². The molecule has 0 aliphatic carbocycles. The van der Waals surface area contributed by atoms with Gasteiger partial charge in [-0.25, -0.2) is 0 Å². The minimum atomic E-state index is -0.586. The molecule has 16 heavy (non-hydrogen) atoms. The van der Waals surface area contributed by atoms with Crippen LogP contribution in [-0.4, -0.2) is 33.8 Å². The van der Waals surface area contributed by atoms with Gasteiger partial charge in [-0.3, -0.25) is 0 Å². The van der Waals surface area contributed by atoms with Crippen LogP contribution in [-0.2, 0) is 0 Å². The lowest BCUT2D eigenvalue weighted by atomic mass is 9.98. The Morgan fingerprint density at radius 3 is 2.62 bits per heavy atom. The summed E-state index contributed by atoms with van der Waals surface area (Å²) in [4.78, 5) is 1.96. The van der Waals surface area contributed by atoms with Crippen molar-refractivity contribution < 1.29 is 5.11 Å². The average molecular weight is 236 g/mol. The van der Waals surface area contributed by atoms with Crippen molar-refractivity contribution in [2.24, 2.45) is 0 Å². The number of likely N-dealkylation sites (tertiary alicyclic amines) is 1. The van der Waals surface area contributed by atoms with E-state index in [1.165, 1.54) is 0 Å². The topological polar surface area (TPSA) is 35.5 Å². The maximum absolute atomic E-state index is 9.62. The molecule has 1 heterocycles. The molecule has 0 spiro atoms. The summed E-state index contributed by atoms with van der Waals surface area (Å²) in [5.41, 5.74) is 1.61. The molecule has 2 rings (SSSR count). The summed E-state index contributed by atoms with van der Waals surface area (Å²) in [7, 11) is 0. The molecule has 1 fully saturated rings. The number of nitrogens with zero attached hydrogens (tertiary/aromatic N) is 1. The minimum absolute atomic E-state index is 0.586. The smallest absolute Gasteiger partial charge is 0.173 e. The molecule has 0 bridgehead atoms. The highest BCUT2D eigenvalue weighted by Crippen LogP contribution is 2.22. The molecule has 86 valence electrons. The molecule has 0 saturated carbocycles. The number of nitrogens with one attached hydrogen (secondary N) is 1. The van der Waals surface area contributed by atoms with Gasteiger partial charge in [0.05, 0.1) is 18.7 Å². The van der Waals surface area contributed by atoms with Crippen LogP contribution in [0.2, 0.25) is 0 Å². The Morgan fingerprint density at radius 1 is 1.44 bits per heavy atom. The van der Waals surface area contributed by atoms with E-state index in [9.17, 15) is 5.11 Å². The zero-order valence-electron chi connectivity index (χ0n) is 9.53. The lowest BCUT2D eigenvalue weighted by molar-refractivity contribution is -0.0484. The number of hydrogen-bond acceptors (Lipinski definition) is 2. The Balaban J connectivity index is 1.96. The fraction of sp³-hybridized carbons (Fsp3) is 0.417. The third-order valence-corrected chi connectivity index (χ3v) is 3.10.